The Morgan fingerprint density at radius 3 is 2.17 bits per heavy atom. The lowest BCUT2D eigenvalue weighted by Gasteiger charge is -2.39. The third kappa shape index (κ3) is 6.57. The van der Waals surface area contributed by atoms with Gasteiger partial charge in [-0.2, -0.15) is 26.3 Å². The van der Waals surface area contributed by atoms with E-state index >= 15 is 0 Å². The number of benzene rings is 2. The van der Waals surface area contributed by atoms with Gasteiger partial charge in [-0.05, 0) is 59.9 Å². The van der Waals surface area contributed by atoms with Crippen LogP contribution in [0.5, 0.6) is 0 Å². The molecule has 0 aromatic heterocycles. The van der Waals surface area contributed by atoms with Crippen molar-refractivity contribution in [2.45, 2.75) is 63.8 Å². The number of nitrogens with zero attached hydrogens (tertiary/aromatic N) is 3. The zero-order valence-corrected chi connectivity index (χ0v) is 22.1. The van der Waals surface area contributed by atoms with Crippen molar-refractivity contribution in [2.75, 3.05) is 32.7 Å². The van der Waals surface area contributed by atoms with Gasteiger partial charge in [-0.1, -0.05) is 48.5 Å². The molecular formula is C29H33F6N3O2. The summed E-state index contributed by atoms with van der Waals surface area (Å²) in [4.78, 5) is 18.0. The fourth-order valence-electron chi connectivity index (χ4n) is 6.30. The van der Waals surface area contributed by atoms with E-state index in [9.17, 15) is 31.1 Å². The minimum Gasteiger partial charge on any atom is -0.426 e. The molecule has 2 saturated heterocycles. The summed E-state index contributed by atoms with van der Waals surface area (Å²) in [6, 6.07) is 16.9. The zero-order valence-electron chi connectivity index (χ0n) is 22.1. The molecule has 0 saturated carbocycles. The van der Waals surface area contributed by atoms with Crippen molar-refractivity contribution in [1.82, 2.24) is 14.7 Å². The molecular weight excluding hydrogens is 536 g/mol. The number of amides is 1. The van der Waals surface area contributed by atoms with Crippen molar-refractivity contribution in [3.8, 4) is 0 Å². The predicted octanol–water partition coefficient (Wildman–Crippen LogP) is 6.16. The molecule has 3 heterocycles. The van der Waals surface area contributed by atoms with E-state index in [2.05, 4.69) is 57.0 Å². The maximum absolute atomic E-state index is 12.8. The number of rotatable bonds is 5. The summed E-state index contributed by atoms with van der Waals surface area (Å²) in [7, 11) is 0. The molecule has 5 rings (SSSR count). The second kappa shape index (κ2) is 11.2. The fraction of sp³-hybridized carbons (Fsp3) is 0.552. The molecule has 0 radical (unpaired) electrons. The van der Waals surface area contributed by atoms with E-state index in [-0.39, 0.29) is 18.5 Å². The Bertz CT molecular complexity index is 1160. The molecule has 11 heteroatoms. The summed E-state index contributed by atoms with van der Waals surface area (Å²) in [6.07, 6.45) is -14.2. The van der Waals surface area contributed by atoms with E-state index in [0.717, 1.165) is 57.0 Å². The highest BCUT2D eigenvalue weighted by molar-refractivity contribution is 5.68. The van der Waals surface area contributed by atoms with Crippen LogP contribution in [0.3, 0.4) is 0 Å². The van der Waals surface area contributed by atoms with Crippen molar-refractivity contribution in [3.63, 3.8) is 0 Å². The van der Waals surface area contributed by atoms with Crippen molar-refractivity contribution >= 4 is 6.09 Å². The number of halogens is 6. The quantitative estimate of drug-likeness (QED) is 0.404. The second-order valence-electron chi connectivity index (χ2n) is 11.3. The summed E-state index contributed by atoms with van der Waals surface area (Å²) in [5, 5.41) is 0. The smallest absolute Gasteiger partial charge is 0.426 e. The second-order valence-corrected chi connectivity index (χ2v) is 11.3. The molecule has 2 fully saturated rings. The van der Waals surface area contributed by atoms with Crippen LogP contribution in [-0.2, 0) is 30.8 Å². The Kier molecular flexibility index (Phi) is 8.07. The summed E-state index contributed by atoms with van der Waals surface area (Å²) >= 11 is 0. The van der Waals surface area contributed by atoms with E-state index in [1.54, 1.807) is 0 Å². The van der Waals surface area contributed by atoms with E-state index in [1.807, 2.05) is 6.07 Å². The van der Waals surface area contributed by atoms with Crippen LogP contribution in [-0.4, -0.2) is 72.0 Å². The van der Waals surface area contributed by atoms with Gasteiger partial charge in [0.2, 0.25) is 0 Å². The lowest BCUT2D eigenvalue weighted by Crippen LogP contribution is -2.50. The Morgan fingerprint density at radius 1 is 0.825 bits per heavy atom. The van der Waals surface area contributed by atoms with Crippen LogP contribution in [0.2, 0.25) is 0 Å². The topological polar surface area (TPSA) is 36.0 Å². The molecule has 0 N–H and O–H groups in total. The Labute approximate surface area is 229 Å². The number of piperidine rings is 1. The zero-order chi connectivity index (χ0) is 28.5. The van der Waals surface area contributed by atoms with E-state index in [4.69, 9.17) is 0 Å². The number of ether oxygens (including phenoxy) is 1. The summed E-state index contributed by atoms with van der Waals surface area (Å²) in [5.74, 6) is 0. The number of alkyl halides is 6. The largest absolute Gasteiger partial charge is 0.434 e. The Morgan fingerprint density at radius 2 is 1.50 bits per heavy atom. The van der Waals surface area contributed by atoms with E-state index < -0.39 is 24.5 Å². The fourth-order valence-corrected chi connectivity index (χ4v) is 6.30. The Balaban J connectivity index is 1.16. The monoisotopic (exact) mass is 569 g/mol. The SMILES string of the molecule is O=C(OC(C(F)(F)F)C(F)(F)F)N1CCC2(CCN(Cc3cccc4c3CN(Cc3ccccc3)CC4)C2)CC1. The van der Waals surface area contributed by atoms with Crippen molar-refractivity contribution < 1.29 is 35.9 Å². The highest BCUT2D eigenvalue weighted by Crippen LogP contribution is 2.42. The first-order valence-corrected chi connectivity index (χ1v) is 13.6. The summed E-state index contributed by atoms with van der Waals surface area (Å²) in [5.41, 5.74) is 5.20. The number of fused-ring (bicyclic) bond motifs is 1. The molecule has 0 atom stereocenters. The van der Waals surface area contributed by atoms with Gasteiger partial charge in [-0.15, -0.1) is 0 Å². The van der Waals surface area contributed by atoms with Crippen LogP contribution in [0.4, 0.5) is 31.1 Å². The Hall–Kier alpha value is -2.79. The first-order chi connectivity index (χ1) is 18.9. The number of carbonyl (C=O) groups excluding carboxylic acids is 1. The highest BCUT2D eigenvalue weighted by atomic mass is 19.4. The van der Waals surface area contributed by atoms with Gasteiger partial charge < -0.3 is 9.64 Å². The normalized spacial score (nSPS) is 20.2. The van der Waals surface area contributed by atoms with Gasteiger partial charge in [0.1, 0.15) is 0 Å². The molecule has 1 spiro atoms. The van der Waals surface area contributed by atoms with Crippen molar-refractivity contribution in [2.24, 2.45) is 5.41 Å². The predicted molar refractivity (Wildman–Crippen MR) is 136 cm³/mol. The maximum Gasteiger partial charge on any atom is 0.434 e. The molecule has 5 nitrogen and oxygen atoms in total. The molecule has 1 amide bonds. The van der Waals surface area contributed by atoms with Gasteiger partial charge in [0.05, 0.1) is 0 Å². The number of hydrogen-bond donors (Lipinski definition) is 0. The summed E-state index contributed by atoms with van der Waals surface area (Å²) < 4.78 is 80.7. The van der Waals surface area contributed by atoms with E-state index in [1.165, 1.54) is 22.3 Å². The van der Waals surface area contributed by atoms with Gasteiger partial charge >= 0.3 is 18.4 Å². The lowest BCUT2D eigenvalue weighted by atomic mass is 9.78. The molecule has 3 aliphatic heterocycles. The highest BCUT2D eigenvalue weighted by Gasteiger charge is 2.60. The molecule has 2 aromatic rings. The van der Waals surface area contributed by atoms with Crippen LogP contribution >= 0.6 is 0 Å². The van der Waals surface area contributed by atoms with Gasteiger partial charge in [0, 0.05) is 45.8 Å². The van der Waals surface area contributed by atoms with Crippen LogP contribution < -0.4 is 0 Å². The van der Waals surface area contributed by atoms with Crippen LogP contribution in [0, 0.1) is 5.41 Å². The molecule has 2 aromatic carbocycles. The van der Waals surface area contributed by atoms with Crippen molar-refractivity contribution in [1.29, 1.82) is 0 Å². The van der Waals surface area contributed by atoms with Gasteiger partial charge in [-0.3, -0.25) is 9.80 Å². The summed E-state index contributed by atoms with van der Waals surface area (Å²) in [6.45, 7) is 5.35. The van der Waals surface area contributed by atoms with Crippen LogP contribution in [0.15, 0.2) is 48.5 Å². The molecule has 0 bridgehead atoms. The minimum atomic E-state index is -5.72. The molecule has 40 heavy (non-hydrogen) atoms. The molecule has 3 aliphatic rings. The third-order valence-corrected chi connectivity index (χ3v) is 8.51. The maximum atomic E-state index is 12.8. The molecule has 218 valence electrons. The first kappa shape index (κ1) is 28.7. The first-order valence-electron chi connectivity index (χ1n) is 13.6. The number of likely N-dealkylation sites (tertiary alicyclic amines) is 2. The number of carbonyl (C=O) groups is 1. The lowest BCUT2D eigenvalue weighted by molar-refractivity contribution is -0.308. The van der Waals surface area contributed by atoms with Crippen molar-refractivity contribution in [3.05, 3.63) is 70.8 Å². The molecule has 0 unspecified atom stereocenters. The van der Waals surface area contributed by atoms with Gasteiger partial charge in [-0.25, -0.2) is 4.79 Å². The minimum absolute atomic E-state index is 0.0737. The average Bonchev–Trinajstić information content (AvgIpc) is 3.28. The van der Waals surface area contributed by atoms with E-state index in [0.29, 0.717) is 12.8 Å². The van der Waals surface area contributed by atoms with Gasteiger partial charge in [0.15, 0.2) is 0 Å². The van der Waals surface area contributed by atoms with Crippen LogP contribution in [0.1, 0.15) is 41.5 Å². The number of hydrogen-bond acceptors (Lipinski definition) is 4. The third-order valence-electron chi connectivity index (χ3n) is 8.51. The standard InChI is InChI=1S/C29H33F6N3O2/c30-28(31,32)25(29(33,34)35)40-26(39)38-15-11-27(12-16-38)10-14-37(20-27)18-23-8-4-7-22-9-13-36(19-24(22)23)17-21-5-2-1-3-6-21/h1-8,25H,9-20H2. The van der Waals surface area contributed by atoms with Crippen LogP contribution in [0.25, 0.3) is 0 Å². The average molecular weight is 570 g/mol. The molecule has 0 aliphatic carbocycles. The van der Waals surface area contributed by atoms with Gasteiger partial charge in [0.25, 0.3) is 6.10 Å².